The number of aldehydes is 1. The summed E-state index contributed by atoms with van der Waals surface area (Å²) < 4.78 is 5.50. The molecule has 0 heterocycles. The van der Waals surface area contributed by atoms with Crippen LogP contribution in [0.5, 0.6) is 5.75 Å². The Bertz CT molecular complexity index is 640. The first-order valence-corrected chi connectivity index (χ1v) is 6.09. The number of nitro benzene ring substituents is 1. The first-order valence-electron chi connectivity index (χ1n) is 5.71. The van der Waals surface area contributed by atoms with Crippen LogP contribution in [0.2, 0.25) is 5.02 Å². The van der Waals surface area contributed by atoms with Gasteiger partial charge in [-0.2, -0.15) is 0 Å². The predicted molar refractivity (Wildman–Crippen MR) is 74.3 cm³/mol. The van der Waals surface area contributed by atoms with E-state index in [-0.39, 0.29) is 12.3 Å². The fourth-order valence-corrected chi connectivity index (χ4v) is 1.83. The molecule has 0 aliphatic heterocycles. The van der Waals surface area contributed by atoms with Gasteiger partial charge in [-0.3, -0.25) is 14.9 Å². The highest BCUT2D eigenvalue weighted by atomic mass is 35.5. The summed E-state index contributed by atoms with van der Waals surface area (Å²) in [5.41, 5.74) is 1.28. The molecule has 0 atom stereocenters. The number of halogens is 1. The van der Waals surface area contributed by atoms with Crippen LogP contribution in [-0.4, -0.2) is 11.2 Å². The summed E-state index contributed by atoms with van der Waals surface area (Å²) >= 11 is 5.97. The van der Waals surface area contributed by atoms with Crippen molar-refractivity contribution in [1.29, 1.82) is 0 Å². The lowest BCUT2D eigenvalue weighted by atomic mass is 10.2. The van der Waals surface area contributed by atoms with Crippen LogP contribution in [-0.2, 0) is 6.61 Å². The molecule has 20 heavy (non-hydrogen) atoms. The van der Waals surface area contributed by atoms with E-state index in [1.807, 2.05) is 0 Å². The summed E-state index contributed by atoms with van der Waals surface area (Å²) in [6.07, 6.45) is 0.700. The van der Waals surface area contributed by atoms with Crippen molar-refractivity contribution in [2.75, 3.05) is 0 Å². The number of nitrogens with zero attached hydrogens (tertiary/aromatic N) is 1. The second-order valence-corrected chi connectivity index (χ2v) is 4.43. The third-order valence-electron chi connectivity index (χ3n) is 2.63. The molecule has 102 valence electrons. The van der Waals surface area contributed by atoms with Gasteiger partial charge in [-0.25, -0.2) is 0 Å². The summed E-state index contributed by atoms with van der Waals surface area (Å²) in [6.45, 7) is 0.234. The van der Waals surface area contributed by atoms with E-state index in [4.69, 9.17) is 16.3 Å². The number of non-ortho nitro benzene ring substituents is 1. The molecule has 2 aromatic carbocycles. The average Bonchev–Trinajstić information content (AvgIpc) is 2.46. The quantitative estimate of drug-likeness (QED) is 0.479. The Morgan fingerprint density at radius 2 is 1.90 bits per heavy atom. The fourth-order valence-electron chi connectivity index (χ4n) is 1.58. The van der Waals surface area contributed by atoms with Crippen molar-refractivity contribution in [3.63, 3.8) is 0 Å². The summed E-state index contributed by atoms with van der Waals surface area (Å²) in [4.78, 5) is 20.6. The molecule has 2 aromatic rings. The summed E-state index contributed by atoms with van der Waals surface area (Å²) in [5, 5.41) is 10.9. The molecule has 0 radical (unpaired) electrons. The Hall–Kier alpha value is -2.40. The van der Waals surface area contributed by atoms with Gasteiger partial charge in [0, 0.05) is 17.7 Å². The lowest BCUT2D eigenvalue weighted by Crippen LogP contribution is -1.97. The number of benzene rings is 2. The standard InChI is InChI=1S/C14H10ClNO4/c15-13-7-11(8-17)3-6-14(13)20-9-10-1-4-12(5-2-10)16(18)19/h1-8H,9H2. The number of carbonyl (C=O) groups is 1. The van der Waals surface area contributed by atoms with Gasteiger partial charge in [0.25, 0.3) is 5.69 Å². The summed E-state index contributed by atoms with van der Waals surface area (Å²) in [5.74, 6) is 0.454. The third-order valence-corrected chi connectivity index (χ3v) is 2.93. The first-order chi connectivity index (χ1) is 9.60. The average molecular weight is 292 g/mol. The number of hydrogen-bond donors (Lipinski definition) is 0. The summed E-state index contributed by atoms with van der Waals surface area (Å²) in [6, 6.07) is 10.8. The lowest BCUT2D eigenvalue weighted by molar-refractivity contribution is -0.384. The molecule has 5 nitrogen and oxygen atoms in total. The van der Waals surface area contributed by atoms with Gasteiger partial charge in [0.15, 0.2) is 0 Å². The van der Waals surface area contributed by atoms with Crippen molar-refractivity contribution >= 4 is 23.6 Å². The SMILES string of the molecule is O=Cc1ccc(OCc2ccc([N+](=O)[O-])cc2)c(Cl)c1. The van der Waals surface area contributed by atoms with Gasteiger partial charge in [0.1, 0.15) is 18.6 Å². The first kappa shape index (κ1) is 14.0. The van der Waals surface area contributed by atoms with Crippen LogP contribution in [0, 0.1) is 10.1 Å². The van der Waals surface area contributed by atoms with Crippen LogP contribution in [0.15, 0.2) is 42.5 Å². The van der Waals surface area contributed by atoms with E-state index in [0.717, 1.165) is 5.56 Å². The molecule has 0 amide bonds. The highest BCUT2D eigenvalue weighted by molar-refractivity contribution is 6.32. The normalized spacial score (nSPS) is 10.1. The van der Waals surface area contributed by atoms with Crippen molar-refractivity contribution < 1.29 is 14.5 Å². The molecular weight excluding hydrogens is 282 g/mol. The smallest absolute Gasteiger partial charge is 0.269 e. The maximum Gasteiger partial charge on any atom is 0.269 e. The Morgan fingerprint density at radius 3 is 2.45 bits per heavy atom. The number of hydrogen-bond acceptors (Lipinski definition) is 4. The molecule has 0 unspecified atom stereocenters. The van der Waals surface area contributed by atoms with E-state index >= 15 is 0 Å². The van der Waals surface area contributed by atoms with E-state index in [0.29, 0.717) is 22.6 Å². The zero-order valence-electron chi connectivity index (χ0n) is 10.3. The van der Waals surface area contributed by atoms with Crippen LogP contribution in [0.25, 0.3) is 0 Å². The van der Waals surface area contributed by atoms with E-state index in [2.05, 4.69) is 0 Å². The molecule has 0 saturated carbocycles. The van der Waals surface area contributed by atoms with Gasteiger partial charge >= 0.3 is 0 Å². The summed E-state index contributed by atoms with van der Waals surface area (Å²) in [7, 11) is 0. The van der Waals surface area contributed by atoms with Gasteiger partial charge in [-0.05, 0) is 35.9 Å². The van der Waals surface area contributed by atoms with Crippen LogP contribution < -0.4 is 4.74 Å². The number of ether oxygens (including phenoxy) is 1. The molecule has 6 heteroatoms. The lowest BCUT2D eigenvalue weighted by Gasteiger charge is -2.08. The highest BCUT2D eigenvalue weighted by Crippen LogP contribution is 2.26. The van der Waals surface area contributed by atoms with E-state index in [1.165, 1.54) is 18.2 Å². The number of nitro groups is 1. The van der Waals surface area contributed by atoms with Crippen molar-refractivity contribution in [2.24, 2.45) is 0 Å². The van der Waals surface area contributed by atoms with E-state index < -0.39 is 4.92 Å². The second-order valence-electron chi connectivity index (χ2n) is 4.02. The molecule has 0 bridgehead atoms. The van der Waals surface area contributed by atoms with Crippen molar-refractivity contribution in [1.82, 2.24) is 0 Å². The molecule has 0 N–H and O–H groups in total. The van der Waals surface area contributed by atoms with Crippen molar-refractivity contribution in [2.45, 2.75) is 6.61 Å². The van der Waals surface area contributed by atoms with Gasteiger partial charge in [-0.1, -0.05) is 11.6 Å². The highest BCUT2D eigenvalue weighted by Gasteiger charge is 2.06. The van der Waals surface area contributed by atoms with Crippen LogP contribution in [0.1, 0.15) is 15.9 Å². The Kier molecular flexibility index (Phi) is 4.32. The van der Waals surface area contributed by atoms with Gasteiger partial charge in [0.2, 0.25) is 0 Å². The minimum atomic E-state index is -0.459. The molecule has 2 rings (SSSR count). The molecule has 0 spiro atoms. The molecular formula is C14H10ClNO4. The van der Waals surface area contributed by atoms with Crippen molar-refractivity contribution in [3.05, 3.63) is 68.7 Å². The van der Waals surface area contributed by atoms with Crippen LogP contribution in [0.3, 0.4) is 0 Å². The van der Waals surface area contributed by atoms with Crippen LogP contribution >= 0.6 is 11.6 Å². The van der Waals surface area contributed by atoms with Crippen LogP contribution in [0.4, 0.5) is 5.69 Å². The zero-order valence-corrected chi connectivity index (χ0v) is 11.0. The van der Waals surface area contributed by atoms with Crippen molar-refractivity contribution in [3.8, 4) is 5.75 Å². The third kappa shape index (κ3) is 3.33. The second kappa shape index (κ2) is 6.16. The zero-order chi connectivity index (χ0) is 14.5. The Balaban J connectivity index is 2.05. The molecule has 0 aliphatic carbocycles. The fraction of sp³-hybridized carbons (Fsp3) is 0.0714. The Morgan fingerprint density at radius 1 is 1.20 bits per heavy atom. The van der Waals surface area contributed by atoms with Gasteiger partial charge in [-0.15, -0.1) is 0 Å². The Labute approximate surface area is 119 Å². The molecule has 0 saturated heterocycles. The van der Waals surface area contributed by atoms with E-state index in [1.54, 1.807) is 24.3 Å². The number of rotatable bonds is 5. The maximum atomic E-state index is 10.6. The topological polar surface area (TPSA) is 69.4 Å². The monoisotopic (exact) mass is 291 g/mol. The minimum absolute atomic E-state index is 0.0297. The van der Waals surface area contributed by atoms with Gasteiger partial charge in [0.05, 0.1) is 9.95 Å². The number of carbonyl (C=O) groups excluding carboxylic acids is 1. The maximum absolute atomic E-state index is 10.6. The largest absolute Gasteiger partial charge is 0.487 e. The van der Waals surface area contributed by atoms with Gasteiger partial charge < -0.3 is 4.74 Å². The molecule has 0 aromatic heterocycles. The van der Waals surface area contributed by atoms with E-state index in [9.17, 15) is 14.9 Å². The molecule has 0 aliphatic rings. The minimum Gasteiger partial charge on any atom is -0.487 e. The molecule has 0 fully saturated rings. The predicted octanol–water partition coefficient (Wildman–Crippen LogP) is 3.64.